The third-order valence-electron chi connectivity index (χ3n) is 2.74. The Labute approximate surface area is 111 Å². The van der Waals surface area contributed by atoms with Crippen molar-refractivity contribution in [1.82, 2.24) is 0 Å². The minimum atomic E-state index is -0.296. The molecule has 0 aliphatic rings. The van der Waals surface area contributed by atoms with Crippen molar-refractivity contribution in [2.75, 3.05) is 5.73 Å². The van der Waals surface area contributed by atoms with Crippen molar-refractivity contribution in [3.8, 4) is 11.8 Å². The van der Waals surface area contributed by atoms with Gasteiger partial charge in [-0.25, -0.2) is 4.39 Å². The summed E-state index contributed by atoms with van der Waals surface area (Å²) in [6.07, 6.45) is 0.225. The molecule has 0 atom stereocenters. The van der Waals surface area contributed by atoms with E-state index in [2.05, 4.69) is 0 Å². The minimum Gasteiger partial charge on any atom is -0.489 e. The number of hydrogen-bond acceptors (Lipinski definition) is 3. The molecule has 3 nitrogen and oxygen atoms in total. The molecule has 2 aromatic carbocycles. The summed E-state index contributed by atoms with van der Waals surface area (Å²) >= 11 is 0. The van der Waals surface area contributed by atoms with Crippen molar-refractivity contribution in [2.24, 2.45) is 0 Å². The highest BCUT2D eigenvalue weighted by atomic mass is 19.1. The second-order valence-corrected chi connectivity index (χ2v) is 4.08. The first kappa shape index (κ1) is 12.9. The molecule has 0 amide bonds. The summed E-state index contributed by atoms with van der Waals surface area (Å²) in [7, 11) is 0. The van der Waals surface area contributed by atoms with Crippen LogP contribution in [-0.4, -0.2) is 0 Å². The molecule has 0 aromatic heterocycles. The van der Waals surface area contributed by atoms with Crippen LogP contribution in [0.15, 0.2) is 42.5 Å². The van der Waals surface area contributed by atoms with E-state index in [1.165, 1.54) is 6.07 Å². The van der Waals surface area contributed by atoms with E-state index in [-0.39, 0.29) is 18.8 Å². The third-order valence-corrected chi connectivity index (χ3v) is 2.74. The molecule has 0 heterocycles. The van der Waals surface area contributed by atoms with Crippen LogP contribution in [-0.2, 0) is 13.0 Å². The van der Waals surface area contributed by atoms with Gasteiger partial charge in [-0.05, 0) is 29.8 Å². The van der Waals surface area contributed by atoms with Crippen LogP contribution in [0.2, 0.25) is 0 Å². The molecule has 0 saturated carbocycles. The predicted molar refractivity (Wildman–Crippen MR) is 70.9 cm³/mol. The van der Waals surface area contributed by atoms with Gasteiger partial charge in [-0.1, -0.05) is 18.2 Å². The van der Waals surface area contributed by atoms with Crippen molar-refractivity contribution in [3.05, 3.63) is 59.4 Å². The fraction of sp³-hybridized carbons (Fsp3) is 0.133. The highest BCUT2D eigenvalue weighted by Crippen LogP contribution is 2.21. The highest BCUT2D eigenvalue weighted by molar-refractivity contribution is 5.51. The van der Waals surface area contributed by atoms with Gasteiger partial charge in [0.2, 0.25) is 0 Å². The van der Waals surface area contributed by atoms with E-state index < -0.39 is 0 Å². The molecule has 4 heteroatoms. The number of nitriles is 1. The monoisotopic (exact) mass is 256 g/mol. The summed E-state index contributed by atoms with van der Waals surface area (Å²) in [6, 6.07) is 13.6. The number of benzene rings is 2. The molecule has 2 N–H and O–H groups in total. The van der Waals surface area contributed by atoms with E-state index >= 15 is 0 Å². The van der Waals surface area contributed by atoms with Gasteiger partial charge in [0.05, 0.1) is 12.5 Å². The number of halogens is 1. The molecule has 0 spiro atoms. The van der Waals surface area contributed by atoms with Gasteiger partial charge in [0.15, 0.2) is 0 Å². The van der Waals surface area contributed by atoms with Gasteiger partial charge < -0.3 is 10.5 Å². The van der Waals surface area contributed by atoms with Gasteiger partial charge in [-0.15, -0.1) is 0 Å². The lowest BCUT2D eigenvalue weighted by Crippen LogP contribution is -2.00. The number of nitrogens with zero attached hydrogens (tertiary/aromatic N) is 1. The predicted octanol–water partition coefficient (Wildman–Crippen LogP) is 3.05. The molecule has 0 unspecified atom stereocenters. The topological polar surface area (TPSA) is 59.0 Å². The second kappa shape index (κ2) is 5.87. The maximum absolute atomic E-state index is 13.4. The zero-order valence-electron chi connectivity index (χ0n) is 10.3. The van der Waals surface area contributed by atoms with Crippen molar-refractivity contribution < 1.29 is 9.13 Å². The number of nitrogen functional groups attached to an aromatic ring is 1. The summed E-state index contributed by atoms with van der Waals surface area (Å²) in [5, 5.41) is 8.68. The van der Waals surface area contributed by atoms with Crippen LogP contribution >= 0.6 is 0 Å². The maximum Gasteiger partial charge on any atom is 0.129 e. The largest absolute Gasteiger partial charge is 0.489 e. The number of nitrogens with two attached hydrogens (primary N) is 1. The molecule has 0 saturated heterocycles. The van der Waals surface area contributed by atoms with Gasteiger partial charge in [-0.2, -0.15) is 5.26 Å². The lowest BCUT2D eigenvalue weighted by atomic mass is 10.1. The SMILES string of the molecule is N#CCc1cc(OCc2ccccc2F)ccc1N. The fourth-order valence-electron chi connectivity index (χ4n) is 1.69. The minimum absolute atomic E-state index is 0.141. The molecule has 19 heavy (non-hydrogen) atoms. The number of hydrogen-bond donors (Lipinski definition) is 1. The molecule has 0 fully saturated rings. The molecule has 96 valence electrons. The van der Waals surface area contributed by atoms with Crippen LogP contribution in [0.1, 0.15) is 11.1 Å². The number of anilines is 1. The van der Waals surface area contributed by atoms with Crippen molar-refractivity contribution in [1.29, 1.82) is 5.26 Å². The number of ether oxygens (including phenoxy) is 1. The molecule has 0 aliphatic carbocycles. The van der Waals surface area contributed by atoms with Crippen LogP contribution in [0.5, 0.6) is 5.75 Å². The van der Waals surface area contributed by atoms with Gasteiger partial charge >= 0.3 is 0 Å². The first-order valence-electron chi connectivity index (χ1n) is 5.82. The van der Waals surface area contributed by atoms with Crippen molar-refractivity contribution in [2.45, 2.75) is 13.0 Å². The summed E-state index contributed by atoms with van der Waals surface area (Å²) in [4.78, 5) is 0. The standard InChI is InChI=1S/C15H13FN2O/c16-14-4-2-1-3-12(14)10-19-13-5-6-15(18)11(9-13)7-8-17/h1-6,9H,7,10,18H2. The summed E-state index contributed by atoms with van der Waals surface area (Å²) < 4.78 is 18.9. The zero-order chi connectivity index (χ0) is 13.7. The van der Waals surface area contributed by atoms with Crippen molar-refractivity contribution >= 4 is 5.69 Å². The van der Waals surface area contributed by atoms with E-state index in [1.807, 2.05) is 6.07 Å². The van der Waals surface area contributed by atoms with Gasteiger partial charge in [0.1, 0.15) is 18.2 Å². The first-order valence-corrected chi connectivity index (χ1v) is 5.82. The van der Waals surface area contributed by atoms with Gasteiger partial charge in [-0.3, -0.25) is 0 Å². The second-order valence-electron chi connectivity index (χ2n) is 4.08. The average molecular weight is 256 g/mol. The Morgan fingerprint density at radius 1 is 1.16 bits per heavy atom. The Morgan fingerprint density at radius 3 is 2.68 bits per heavy atom. The first-order chi connectivity index (χ1) is 9.20. The molecule has 2 aromatic rings. The molecule has 0 radical (unpaired) electrons. The molecular formula is C15H13FN2O. The summed E-state index contributed by atoms with van der Waals surface area (Å²) in [6.45, 7) is 0.141. The molecular weight excluding hydrogens is 243 g/mol. The van der Waals surface area contributed by atoms with E-state index in [0.29, 0.717) is 22.6 Å². The van der Waals surface area contributed by atoms with Gasteiger partial charge in [0.25, 0.3) is 0 Å². The van der Waals surface area contributed by atoms with E-state index in [4.69, 9.17) is 15.7 Å². The van der Waals surface area contributed by atoms with Crippen LogP contribution in [0.4, 0.5) is 10.1 Å². The Balaban J connectivity index is 2.10. The summed E-state index contributed by atoms with van der Waals surface area (Å²) in [5.41, 5.74) is 7.50. The smallest absolute Gasteiger partial charge is 0.129 e. The lowest BCUT2D eigenvalue weighted by Gasteiger charge is -2.09. The van der Waals surface area contributed by atoms with E-state index in [9.17, 15) is 4.39 Å². The summed E-state index contributed by atoms with van der Waals surface area (Å²) in [5.74, 6) is 0.276. The van der Waals surface area contributed by atoms with E-state index in [0.717, 1.165) is 0 Å². The Bertz CT molecular complexity index is 620. The molecule has 2 rings (SSSR count). The average Bonchev–Trinajstić information content (AvgIpc) is 2.41. The van der Waals surface area contributed by atoms with Crippen molar-refractivity contribution in [3.63, 3.8) is 0 Å². The maximum atomic E-state index is 13.4. The molecule has 0 aliphatic heterocycles. The van der Waals surface area contributed by atoms with E-state index in [1.54, 1.807) is 36.4 Å². The fourth-order valence-corrected chi connectivity index (χ4v) is 1.69. The van der Waals surface area contributed by atoms with Crippen LogP contribution in [0, 0.1) is 17.1 Å². The highest BCUT2D eigenvalue weighted by Gasteiger charge is 2.04. The normalized spacial score (nSPS) is 9.89. The Hall–Kier alpha value is -2.54. The van der Waals surface area contributed by atoms with Crippen LogP contribution in [0.25, 0.3) is 0 Å². The lowest BCUT2D eigenvalue weighted by molar-refractivity contribution is 0.299. The van der Waals surface area contributed by atoms with Gasteiger partial charge in [0, 0.05) is 11.3 Å². The zero-order valence-corrected chi connectivity index (χ0v) is 10.3. The molecule has 0 bridgehead atoms. The van der Waals surface area contributed by atoms with Crippen LogP contribution in [0.3, 0.4) is 0 Å². The Morgan fingerprint density at radius 2 is 1.95 bits per heavy atom. The van der Waals surface area contributed by atoms with Crippen LogP contribution < -0.4 is 10.5 Å². The Kier molecular flexibility index (Phi) is 3.99. The third kappa shape index (κ3) is 3.23. The number of rotatable bonds is 4. The quantitative estimate of drug-likeness (QED) is 0.855.